The van der Waals surface area contributed by atoms with Crippen LogP contribution in [-0.4, -0.2) is 46.3 Å². The van der Waals surface area contributed by atoms with Gasteiger partial charge in [-0.1, -0.05) is 25.5 Å². The van der Waals surface area contributed by atoms with E-state index in [4.69, 9.17) is 4.74 Å². The van der Waals surface area contributed by atoms with Crippen LogP contribution in [0, 0.1) is 5.92 Å². The Morgan fingerprint density at radius 2 is 1.93 bits per heavy atom. The molecule has 0 radical (unpaired) electrons. The number of nitrogens with zero attached hydrogens (tertiary/aromatic N) is 8. The quantitative estimate of drug-likeness (QED) is 0.606. The number of pyridine rings is 1. The van der Waals surface area contributed by atoms with Crippen LogP contribution in [0.2, 0.25) is 0 Å². The van der Waals surface area contributed by atoms with Gasteiger partial charge in [-0.15, -0.1) is 15.3 Å². The number of rotatable bonds is 7. The highest BCUT2D eigenvalue weighted by molar-refractivity contribution is 5.57. The Morgan fingerprint density at radius 1 is 1.10 bits per heavy atom. The number of aryl methyl sites for hydroxylation is 1. The zero-order valence-corrected chi connectivity index (χ0v) is 17.3. The molecule has 29 heavy (non-hydrogen) atoms. The molecule has 0 atom stereocenters. The Morgan fingerprint density at radius 3 is 2.66 bits per heavy atom. The number of hydrogen-bond acceptors (Lipinski definition) is 7. The molecule has 4 rings (SSSR count). The minimum atomic E-state index is 0.307. The Hall–Kier alpha value is -2.84. The van der Waals surface area contributed by atoms with Crippen LogP contribution in [0.1, 0.15) is 57.5 Å². The first kappa shape index (κ1) is 19.5. The van der Waals surface area contributed by atoms with Crippen LogP contribution < -0.4 is 4.74 Å². The van der Waals surface area contributed by atoms with Crippen molar-refractivity contribution in [2.24, 2.45) is 13.0 Å². The van der Waals surface area contributed by atoms with Gasteiger partial charge < -0.3 is 4.74 Å². The van der Waals surface area contributed by atoms with E-state index in [0.717, 1.165) is 47.9 Å². The molecule has 0 bridgehead atoms. The summed E-state index contributed by atoms with van der Waals surface area (Å²) in [5.41, 5.74) is 2.36. The topological polar surface area (TPSA) is 96.4 Å². The molecule has 0 unspecified atom stereocenters. The molecule has 3 aromatic heterocycles. The molecule has 1 aliphatic rings. The van der Waals surface area contributed by atoms with Crippen molar-refractivity contribution in [3.63, 3.8) is 0 Å². The van der Waals surface area contributed by atoms with Crippen molar-refractivity contribution >= 4 is 0 Å². The van der Waals surface area contributed by atoms with Gasteiger partial charge in [-0.2, -0.15) is 4.80 Å². The fraction of sp³-hybridized carbons (Fsp3) is 0.600. The average molecular weight is 396 g/mol. The smallest absolute Gasteiger partial charge is 0.175 e. The van der Waals surface area contributed by atoms with Crippen molar-refractivity contribution in [2.75, 3.05) is 0 Å². The zero-order chi connectivity index (χ0) is 20.2. The number of aromatic nitrogens is 8. The largest absolute Gasteiger partial charge is 0.489 e. The Kier molecular flexibility index (Phi) is 5.82. The lowest BCUT2D eigenvalue weighted by atomic mass is 9.98. The monoisotopic (exact) mass is 396 g/mol. The van der Waals surface area contributed by atoms with Gasteiger partial charge in [0.25, 0.3) is 0 Å². The van der Waals surface area contributed by atoms with Crippen molar-refractivity contribution in [2.45, 2.75) is 65.0 Å². The van der Waals surface area contributed by atoms with Gasteiger partial charge in [-0.25, -0.2) is 4.68 Å². The van der Waals surface area contributed by atoms with Crippen molar-refractivity contribution in [3.8, 4) is 17.1 Å². The predicted octanol–water partition coefficient (Wildman–Crippen LogP) is 2.82. The van der Waals surface area contributed by atoms with Crippen LogP contribution in [0.25, 0.3) is 11.4 Å². The van der Waals surface area contributed by atoms with Crippen molar-refractivity contribution in [1.82, 2.24) is 40.2 Å². The van der Waals surface area contributed by atoms with Gasteiger partial charge in [0.15, 0.2) is 5.82 Å². The molecule has 0 saturated heterocycles. The van der Waals surface area contributed by atoms with E-state index in [2.05, 4.69) is 44.6 Å². The second-order valence-electron chi connectivity index (χ2n) is 8.10. The summed E-state index contributed by atoms with van der Waals surface area (Å²) >= 11 is 0. The predicted molar refractivity (Wildman–Crippen MR) is 107 cm³/mol. The van der Waals surface area contributed by atoms with Crippen LogP contribution >= 0.6 is 0 Å². The summed E-state index contributed by atoms with van der Waals surface area (Å²) in [5, 5.41) is 21.2. The first-order chi connectivity index (χ1) is 14.1. The van der Waals surface area contributed by atoms with Gasteiger partial charge in [0.2, 0.25) is 0 Å². The summed E-state index contributed by atoms with van der Waals surface area (Å²) < 4.78 is 7.81. The molecule has 1 saturated carbocycles. The SMILES string of the molecule is CC(C)Cc1nnn(Cc2c(-c3ccc(OC4CCCCC4)cn3)nnn2C)n1. The highest BCUT2D eigenvalue weighted by Gasteiger charge is 2.18. The number of hydrogen-bond donors (Lipinski definition) is 0. The fourth-order valence-corrected chi connectivity index (χ4v) is 3.64. The van der Waals surface area contributed by atoms with E-state index in [0.29, 0.717) is 18.6 Å². The Labute approximate surface area is 170 Å². The average Bonchev–Trinajstić information content (AvgIpc) is 3.30. The lowest BCUT2D eigenvalue weighted by molar-refractivity contribution is 0.154. The van der Waals surface area contributed by atoms with E-state index in [9.17, 15) is 0 Å². The highest BCUT2D eigenvalue weighted by atomic mass is 16.5. The third-order valence-corrected chi connectivity index (χ3v) is 5.15. The third-order valence-electron chi connectivity index (χ3n) is 5.15. The van der Waals surface area contributed by atoms with E-state index >= 15 is 0 Å². The molecule has 1 fully saturated rings. The molecule has 3 heterocycles. The van der Waals surface area contributed by atoms with Gasteiger partial charge in [-0.05, 0) is 48.9 Å². The van der Waals surface area contributed by atoms with E-state index in [1.807, 2.05) is 19.2 Å². The van der Waals surface area contributed by atoms with Crippen LogP contribution in [0.5, 0.6) is 5.75 Å². The van der Waals surface area contributed by atoms with E-state index < -0.39 is 0 Å². The summed E-state index contributed by atoms with van der Waals surface area (Å²) in [5.74, 6) is 2.04. The third kappa shape index (κ3) is 4.78. The minimum Gasteiger partial charge on any atom is -0.489 e. The maximum Gasteiger partial charge on any atom is 0.175 e. The van der Waals surface area contributed by atoms with Crippen molar-refractivity contribution in [1.29, 1.82) is 0 Å². The normalized spacial score (nSPS) is 15.2. The first-order valence-corrected chi connectivity index (χ1v) is 10.4. The summed E-state index contributed by atoms with van der Waals surface area (Å²) in [6.45, 7) is 4.71. The lowest BCUT2D eigenvalue weighted by Gasteiger charge is -2.22. The molecule has 9 nitrogen and oxygen atoms in total. The van der Waals surface area contributed by atoms with Crippen LogP contribution in [0.4, 0.5) is 0 Å². The highest BCUT2D eigenvalue weighted by Crippen LogP contribution is 2.25. The molecule has 154 valence electrons. The molecular weight excluding hydrogens is 368 g/mol. The second kappa shape index (κ2) is 8.67. The van der Waals surface area contributed by atoms with Crippen LogP contribution in [-0.2, 0) is 20.0 Å². The molecule has 0 N–H and O–H groups in total. The van der Waals surface area contributed by atoms with Gasteiger partial charge in [0.1, 0.15) is 18.0 Å². The Balaban J connectivity index is 1.48. The van der Waals surface area contributed by atoms with Gasteiger partial charge in [0, 0.05) is 13.5 Å². The molecule has 0 amide bonds. The molecule has 0 aliphatic heterocycles. The molecular formula is C20H28N8O. The van der Waals surface area contributed by atoms with Crippen molar-refractivity contribution < 1.29 is 4.74 Å². The maximum atomic E-state index is 6.08. The molecule has 3 aromatic rings. The summed E-state index contributed by atoms with van der Waals surface area (Å²) in [6, 6.07) is 3.90. The van der Waals surface area contributed by atoms with E-state index in [1.54, 1.807) is 15.7 Å². The van der Waals surface area contributed by atoms with Crippen LogP contribution in [0.3, 0.4) is 0 Å². The van der Waals surface area contributed by atoms with Gasteiger partial charge >= 0.3 is 0 Å². The zero-order valence-electron chi connectivity index (χ0n) is 17.3. The minimum absolute atomic E-state index is 0.307. The van der Waals surface area contributed by atoms with Crippen molar-refractivity contribution in [3.05, 3.63) is 29.8 Å². The van der Waals surface area contributed by atoms with Gasteiger partial charge in [-0.3, -0.25) is 4.98 Å². The van der Waals surface area contributed by atoms with E-state index in [1.165, 1.54) is 19.3 Å². The second-order valence-corrected chi connectivity index (χ2v) is 8.10. The standard InChI is InChI=1S/C20H28N8O/c1-14(2)11-19-22-26-28(24-19)13-18-20(23-25-27(18)3)17-10-9-16(12-21-17)29-15-7-5-4-6-8-15/h9-10,12,14-15H,4-8,11,13H2,1-3H3. The number of ether oxygens (including phenoxy) is 1. The maximum absolute atomic E-state index is 6.08. The van der Waals surface area contributed by atoms with E-state index in [-0.39, 0.29) is 0 Å². The molecule has 0 aromatic carbocycles. The summed E-state index contributed by atoms with van der Waals surface area (Å²) in [4.78, 5) is 6.15. The van der Waals surface area contributed by atoms with Gasteiger partial charge in [0.05, 0.1) is 23.7 Å². The molecule has 0 spiro atoms. The first-order valence-electron chi connectivity index (χ1n) is 10.4. The fourth-order valence-electron chi connectivity index (χ4n) is 3.64. The summed E-state index contributed by atoms with van der Waals surface area (Å²) in [6.07, 6.45) is 8.94. The number of tetrazole rings is 1. The molecule has 9 heteroatoms. The lowest BCUT2D eigenvalue weighted by Crippen LogP contribution is -2.19. The van der Waals surface area contributed by atoms with Crippen LogP contribution in [0.15, 0.2) is 18.3 Å². The molecule has 1 aliphatic carbocycles. The Bertz CT molecular complexity index is 924. The summed E-state index contributed by atoms with van der Waals surface area (Å²) in [7, 11) is 1.86.